The third kappa shape index (κ3) is 5.85. The van der Waals surface area contributed by atoms with Gasteiger partial charge in [0.25, 0.3) is 0 Å². The van der Waals surface area contributed by atoms with Crippen LogP contribution in [0.25, 0.3) is 0 Å². The number of carbonyl (C=O) groups excluding carboxylic acids is 3. The van der Waals surface area contributed by atoms with E-state index in [1.807, 2.05) is 24.3 Å². The van der Waals surface area contributed by atoms with Crippen LogP contribution in [0.5, 0.6) is 0 Å². The quantitative estimate of drug-likeness (QED) is 0.307. The van der Waals surface area contributed by atoms with Crippen molar-refractivity contribution in [2.45, 2.75) is 25.8 Å². The van der Waals surface area contributed by atoms with Crippen molar-refractivity contribution in [2.75, 3.05) is 22.5 Å². The number of halogens is 1. The van der Waals surface area contributed by atoms with Crippen molar-refractivity contribution in [1.82, 2.24) is 0 Å². The molecule has 1 N–H and O–H groups in total. The molecule has 1 unspecified atom stereocenters. The summed E-state index contributed by atoms with van der Waals surface area (Å²) >= 11 is 4.46. The highest BCUT2D eigenvalue weighted by Gasteiger charge is 2.33. The molecule has 36 heavy (non-hydrogen) atoms. The first-order valence-electron chi connectivity index (χ1n) is 11.0. The molecule has 0 bridgehead atoms. The predicted molar refractivity (Wildman–Crippen MR) is 142 cm³/mol. The van der Waals surface area contributed by atoms with E-state index in [4.69, 9.17) is 4.74 Å². The van der Waals surface area contributed by atoms with E-state index in [9.17, 15) is 22.8 Å². The molecule has 0 aliphatic carbocycles. The fourth-order valence-electron chi connectivity index (χ4n) is 4.11. The monoisotopic (exact) mass is 590 g/mol. The summed E-state index contributed by atoms with van der Waals surface area (Å²) in [6.45, 7) is 1.33. The van der Waals surface area contributed by atoms with Crippen LogP contribution in [-0.4, -0.2) is 45.0 Å². The van der Waals surface area contributed by atoms with Crippen LogP contribution in [0, 0.1) is 0 Å². The molecule has 1 aliphatic rings. The number of ketones is 1. The average Bonchev–Trinajstić information content (AvgIpc) is 3.41. The van der Waals surface area contributed by atoms with Gasteiger partial charge in [0.2, 0.25) is 15.9 Å². The fourth-order valence-corrected chi connectivity index (χ4v) is 6.38. The number of nitrogens with zero attached hydrogens (tertiary/aromatic N) is 1. The molecule has 2 heterocycles. The van der Waals surface area contributed by atoms with Crippen molar-refractivity contribution >= 4 is 66.3 Å². The lowest BCUT2D eigenvalue weighted by atomic mass is 10.0. The first-order valence-corrected chi connectivity index (χ1v) is 14.5. The van der Waals surface area contributed by atoms with E-state index in [0.29, 0.717) is 23.4 Å². The number of rotatable bonds is 8. The first kappa shape index (κ1) is 26.1. The number of Topliss-reactive ketones (excluding diaryl/α,β-unsaturated/α-hetero) is 1. The number of hydrogen-bond donors (Lipinski definition) is 1. The molecule has 0 saturated heterocycles. The van der Waals surface area contributed by atoms with Gasteiger partial charge in [-0.25, -0.2) is 13.2 Å². The molecule has 1 aliphatic heterocycles. The second-order valence-electron chi connectivity index (χ2n) is 8.47. The van der Waals surface area contributed by atoms with Gasteiger partial charge in [0.05, 0.1) is 24.1 Å². The van der Waals surface area contributed by atoms with Crippen LogP contribution in [0.3, 0.4) is 0 Å². The van der Waals surface area contributed by atoms with Gasteiger partial charge >= 0.3 is 5.97 Å². The molecular formula is C25H23BrN2O6S2. The van der Waals surface area contributed by atoms with Crippen molar-refractivity contribution in [3.63, 3.8) is 0 Å². The number of amides is 1. The van der Waals surface area contributed by atoms with Gasteiger partial charge in [-0.05, 0) is 66.2 Å². The second kappa shape index (κ2) is 10.5. The molecule has 188 valence electrons. The molecule has 11 heteroatoms. The molecule has 4 rings (SSSR count). The Hall–Kier alpha value is -3.02. The minimum Gasteiger partial charge on any atom is -0.453 e. The third-order valence-corrected chi connectivity index (χ3v) is 8.34. The number of ether oxygens (including phenoxy) is 1. The maximum Gasteiger partial charge on any atom is 0.350 e. The molecule has 0 fully saturated rings. The molecule has 2 aromatic carbocycles. The number of benzene rings is 2. The largest absolute Gasteiger partial charge is 0.453 e. The van der Waals surface area contributed by atoms with Crippen LogP contribution in [0.2, 0.25) is 0 Å². The van der Waals surface area contributed by atoms with Crippen molar-refractivity contribution in [3.05, 3.63) is 80.0 Å². The number of hydrogen-bond acceptors (Lipinski definition) is 7. The summed E-state index contributed by atoms with van der Waals surface area (Å²) in [7, 11) is -3.43. The van der Waals surface area contributed by atoms with E-state index in [0.717, 1.165) is 33.2 Å². The van der Waals surface area contributed by atoms with Gasteiger partial charge in [-0.15, -0.1) is 11.3 Å². The van der Waals surface area contributed by atoms with Gasteiger partial charge < -0.3 is 10.1 Å². The maximum absolute atomic E-state index is 12.7. The number of nitrogens with one attached hydrogen (secondary N) is 1. The van der Waals surface area contributed by atoms with Gasteiger partial charge in [-0.3, -0.25) is 13.9 Å². The molecule has 1 atom stereocenters. The molecule has 0 saturated carbocycles. The highest BCUT2D eigenvalue weighted by Crippen LogP contribution is 2.35. The zero-order valence-corrected chi connectivity index (χ0v) is 22.7. The fraction of sp³-hybridized carbons (Fsp3) is 0.240. The van der Waals surface area contributed by atoms with E-state index in [1.165, 1.54) is 10.4 Å². The van der Waals surface area contributed by atoms with E-state index in [1.54, 1.807) is 30.5 Å². The molecular weight excluding hydrogens is 568 g/mol. The summed E-state index contributed by atoms with van der Waals surface area (Å²) in [6.07, 6.45) is 1.78. The molecule has 1 aromatic heterocycles. The zero-order chi connectivity index (χ0) is 26.0. The standard InChI is InChI=1S/C25H23BrN2O6S2/c1-15-11-18-13-17(5-8-21(18)28(15)36(2,32)33)22(29)14-34-25(31)24-20(9-10-35-24)27-23(30)12-16-3-6-19(26)7-4-16/h3-10,13,15H,11-12,14H2,1-2H3,(H,27,30). The molecule has 8 nitrogen and oxygen atoms in total. The van der Waals surface area contributed by atoms with E-state index in [-0.39, 0.29) is 23.2 Å². The highest BCUT2D eigenvalue weighted by molar-refractivity contribution is 9.10. The smallest absolute Gasteiger partial charge is 0.350 e. The van der Waals surface area contributed by atoms with E-state index in [2.05, 4.69) is 21.2 Å². The summed E-state index contributed by atoms with van der Waals surface area (Å²) in [6, 6.07) is 13.5. The Bertz CT molecular complexity index is 1430. The molecule has 0 spiro atoms. The Morgan fingerprint density at radius 2 is 1.86 bits per heavy atom. The van der Waals surface area contributed by atoms with Crippen LogP contribution in [0.15, 0.2) is 58.4 Å². The van der Waals surface area contributed by atoms with Gasteiger partial charge in [-0.1, -0.05) is 28.1 Å². The number of sulfonamides is 1. The maximum atomic E-state index is 12.7. The number of fused-ring (bicyclic) bond motifs is 1. The number of esters is 1. The normalized spacial score (nSPS) is 14.9. The lowest BCUT2D eigenvalue weighted by molar-refractivity contribution is -0.115. The SMILES string of the molecule is CC1Cc2cc(C(=O)COC(=O)c3sccc3NC(=O)Cc3ccc(Br)cc3)ccc2N1S(C)(=O)=O. The van der Waals surface area contributed by atoms with Crippen LogP contribution >= 0.6 is 27.3 Å². The number of carbonyl (C=O) groups is 3. The summed E-state index contributed by atoms with van der Waals surface area (Å²) in [5.74, 6) is -1.40. The highest BCUT2D eigenvalue weighted by atomic mass is 79.9. The van der Waals surface area contributed by atoms with Crippen LogP contribution in [0.4, 0.5) is 11.4 Å². The summed E-state index contributed by atoms with van der Waals surface area (Å²) < 4.78 is 31.7. The van der Waals surface area contributed by atoms with Gasteiger partial charge in [0.1, 0.15) is 4.88 Å². The Kier molecular flexibility index (Phi) is 7.62. The summed E-state index contributed by atoms with van der Waals surface area (Å²) in [4.78, 5) is 37.9. The Morgan fingerprint density at radius 1 is 1.14 bits per heavy atom. The van der Waals surface area contributed by atoms with E-state index < -0.39 is 28.4 Å². The lowest BCUT2D eigenvalue weighted by Crippen LogP contribution is -2.34. The Labute approximate surface area is 221 Å². The summed E-state index contributed by atoms with van der Waals surface area (Å²) in [5, 5.41) is 4.38. The third-order valence-electron chi connectivity index (χ3n) is 5.65. The van der Waals surface area contributed by atoms with Gasteiger partial charge in [0.15, 0.2) is 12.4 Å². The van der Waals surface area contributed by atoms with E-state index >= 15 is 0 Å². The zero-order valence-electron chi connectivity index (χ0n) is 19.5. The molecule has 1 amide bonds. The second-order valence-corrected chi connectivity index (χ2v) is 12.2. The van der Waals surface area contributed by atoms with Crippen molar-refractivity contribution < 1.29 is 27.5 Å². The van der Waals surface area contributed by atoms with Crippen molar-refractivity contribution in [1.29, 1.82) is 0 Å². The lowest BCUT2D eigenvalue weighted by Gasteiger charge is -2.21. The predicted octanol–water partition coefficient (Wildman–Crippen LogP) is 4.44. The number of anilines is 2. The van der Waals surface area contributed by atoms with Crippen LogP contribution in [0.1, 0.15) is 38.1 Å². The van der Waals surface area contributed by atoms with Gasteiger partial charge in [0, 0.05) is 16.1 Å². The first-order chi connectivity index (χ1) is 17.0. The summed E-state index contributed by atoms with van der Waals surface area (Å²) in [5.41, 5.74) is 2.79. The van der Waals surface area contributed by atoms with Crippen LogP contribution < -0.4 is 9.62 Å². The van der Waals surface area contributed by atoms with Crippen LogP contribution in [-0.2, 0) is 32.4 Å². The minimum atomic E-state index is -3.43. The van der Waals surface area contributed by atoms with Crippen molar-refractivity contribution in [2.24, 2.45) is 0 Å². The average molecular weight is 592 g/mol. The van der Waals surface area contributed by atoms with Gasteiger partial charge in [-0.2, -0.15) is 0 Å². The molecule has 3 aromatic rings. The molecule has 0 radical (unpaired) electrons. The topological polar surface area (TPSA) is 110 Å². The number of thiophene rings is 1. The Morgan fingerprint density at radius 3 is 2.56 bits per heavy atom. The van der Waals surface area contributed by atoms with Crippen molar-refractivity contribution in [3.8, 4) is 0 Å². The minimum absolute atomic E-state index is 0.143. The Balaban J connectivity index is 1.37.